The molecule has 5 heteroatoms. The number of hydrogen-bond donors (Lipinski definition) is 2. The summed E-state index contributed by atoms with van der Waals surface area (Å²) in [5, 5.41) is 2.63. The maximum absolute atomic E-state index is 12.1. The van der Waals surface area contributed by atoms with E-state index in [1.165, 1.54) is 6.92 Å². The Morgan fingerprint density at radius 2 is 1.84 bits per heavy atom. The minimum atomic E-state index is -0.921. The lowest BCUT2D eigenvalue weighted by atomic mass is 9.58. The molecular formula is C14H20N2O3. The van der Waals surface area contributed by atoms with Crippen LogP contribution in [0.1, 0.15) is 46.0 Å². The summed E-state index contributed by atoms with van der Waals surface area (Å²) in [5.74, 6) is -2.00. The average molecular weight is 264 g/mol. The van der Waals surface area contributed by atoms with E-state index in [0.717, 1.165) is 19.3 Å². The number of nitrogens with two attached hydrogens (primary N) is 1. The number of carbonyl (C=O) groups excluding carboxylic acids is 3. The number of rotatable bonds is 2. The zero-order chi connectivity index (χ0) is 14.2. The first kappa shape index (κ1) is 13.8. The van der Waals surface area contributed by atoms with E-state index in [-0.39, 0.29) is 11.7 Å². The van der Waals surface area contributed by atoms with Crippen LogP contribution in [0.25, 0.3) is 0 Å². The van der Waals surface area contributed by atoms with Crippen molar-refractivity contribution in [3.8, 4) is 0 Å². The van der Waals surface area contributed by atoms with E-state index in [2.05, 4.69) is 5.32 Å². The van der Waals surface area contributed by atoms with Gasteiger partial charge in [-0.2, -0.15) is 0 Å². The maximum Gasteiger partial charge on any atom is 0.237 e. The minimum absolute atomic E-state index is 0.0781. The van der Waals surface area contributed by atoms with Crippen LogP contribution in [0.5, 0.6) is 0 Å². The van der Waals surface area contributed by atoms with Gasteiger partial charge in [-0.05, 0) is 26.7 Å². The molecule has 1 heterocycles. The largest absolute Gasteiger partial charge is 0.369 e. The highest BCUT2D eigenvalue weighted by Crippen LogP contribution is 2.51. The second-order valence-electron chi connectivity index (χ2n) is 5.60. The second kappa shape index (κ2) is 4.79. The molecule has 2 rings (SSSR count). The molecule has 19 heavy (non-hydrogen) atoms. The van der Waals surface area contributed by atoms with Gasteiger partial charge in [-0.1, -0.05) is 19.3 Å². The predicted molar refractivity (Wildman–Crippen MR) is 69.7 cm³/mol. The van der Waals surface area contributed by atoms with Gasteiger partial charge in [0.25, 0.3) is 0 Å². The number of nitrogens with one attached hydrogen (secondary N) is 1. The molecule has 1 atom stereocenters. The van der Waals surface area contributed by atoms with Crippen LogP contribution in [0.15, 0.2) is 11.3 Å². The molecular weight excluding hydrogens is 244 g/mol. The van der Waals surface area contributed by atoms with E-state index >= 15 is 0 Å². The first-order valence-electron chi connectivity index (χ1n) is 6.72. The smallest absolute Gasteiger partial charge is 0.237 e. The predicted octanol–water partition coefficient (Wildman–Crippen LogP) is 1.03. The van der Waals surface area contributed by atoms with Gasteiger partial charge in [-0.15, -0.1) is 0 Å². The summed E-state index contributed by atoms with van der Waals surface area (Å²) in [4.78, 5) is 35.9. The Kier molecular flexibility index (Phi) is 3.47. The molecule has 0 aromatic carbocycles. The molecule has 0 aromatic rings. The second-order valence-corrected chi connectivity index (χ2v) is 5.60. The van der Waals surface area contributed by atoms with Crippen molar-refractivity contribution in [2.75, 3.05) is 0 Å². The van der Waals surface area contributed by atoms with Gasteiger partial charge in [0.15, 0.2) is 5.78 Å². The molecule has 0 saturated heterocycles. The first-order chi connectivity index (χ1) is 8.90. The van der Waals surface area contributed by atoms with Crippen LogP contribution in [-0.2, 0) is 14.4 Å². The third kappa shape index (κ3) is 2.07. The summed E-state index contributed by atoms with van der Waals surface area (Å²) in [6.07, 6.45) is 4.27. The van der Waals surface area contributed by atoms with Crippen molar-refractivity contribution in [3.63, 3.8) is 0 Å². The number of allylic oxidation sites excluding steroid dienone is 2. The Hall–Kier alpha value is -1.65. The topological polar surface area (TPSA) is 89.3 Å². The van der Waals surface area contributed by atoms with E-state index in [1.54, 1.807) is 6.92 Å². The molecule has 1 spiro atoms. The SMILES string of the molecule is CC(=O)C1=C(C)NC(=O)C(C(N)=O)C12CCCCC2. The van der Waals surface area contributed by atoms with Crippen molar-refractivity contribution in [1.82, 2.24) is 5.32 Å². The molecule has 1 saturated carbocycles. The monoisotopic (exact) mass is 264 g/mol. The Bertz CT molecular complexity index is 473. The van der Waals surface area contributed by atoms with Gasteiger partial charge >= 0.3 is 0 Å². The Morgan fingerprint density at radius 3 is 2.32 bits per heavy atom. The third-order valence-electron chi connectivity index (χ3n) is 4.38. The molecule has 2 aliphatic rings. The lowest BCUT2D eigenvalue weighted by Gasteiger charge is -2.46. The number of carbonyl (C=O) groups is 3. The highest BCUT2D eigenvalue weighted by Gasteiger charge is 2.53. The van der Waals surface area contributed by atoms with Crippen molar-refractivity contribution in [3.05, 3.63) is 11.3 Å². The van der Waals surface area contributed by atoms with Crippen LogP contribution in [0, 0.1) is 11.3 Å². The van der Waals surface area contributed by atoms with Crippen LogP contribution in [0.4, 0.5) is 0 Å². The van der Waals surface area contributed by atoms with Crippen molar-refractivity contribution in [2.24, 2.45) is 17.1 Å². The minimum Gasteiger partial charge on any atom is -0.369 e. The van der Waals surface area contributed by atoms with E-state index in [0.29, 0.717) is 24.1 Å². The number of primary amides is 1. The number of ketones is 1. The van der Waals surface area contributed by atoms with Gasteiger partial charge in [0.05, 0.1) is 0 Å². The highest BCUT2D eigenvalue weighted by molar-refractivity contribution is 6.07. The number of hydrogen-bond acceptors (Lipinski definition) is 3. The van der Waals surface area contributed by atoms with Gasteiger partial charge in [0, 0.05) is 16.7 Å². The zero-order valence-electron chi connectivity index (χ0n) is 11.4. The Balaban J connectivity index is 2.61. The van der Waals surface area contributed by atoms with Gasteiger partial charge in [0.2, 0.25) is 11.8 Å². The molecule has 3 N–H and O–H groups in total. The molecule has 1 unspecified atom stereocenters. The van der Waals surface area contributed by atoms with Crippen molar-refractivity contribution < 1.29 is 14.4 Å². The first-order valence-corrected chi connectivity index (χ1v) is 6.72. The highest BCUT2D eigenvalue weighted by atomic mass is 16.2. The molecule has 0 radical (unpaired) electrons. The summed E-state index contributed by atoms with van der Waals surface area (Å²) in [6.45, 7) is 3.22. The lowest BCUT2D eigenvalue weighted by molar-refractivity contribution is -0.140. The van der Waals surface area contributed by atoms with Crippen LogP contribution < -0.4 is 11.1 Å². The normalized spacial score (nSPS) is 26.2. The summed E-state index contributed by atoms with van der Waals surface area (Å²) in [6, 6.07) is 0. The van der Waals surface area contributed by atoms with Crippen molar-refractivity contribution in [2.45, 2.75) is 46.0 Å². The number of amides is 2. The third-order valence-corrected chi connectivity index (χ3v) is 4.38. The van der Waals surface area contributed by atoms with E-state index in [4.69, 9.17) is 5.73 Å². The summed E-state index contributed by atoms with van der Waals surface area (Å²) in [7, 11) is 0. The summed E-state index contributed by atoms with van der Waals surface area (Å²) < 4.78 is 0. The molecule has 2 amide bonds. The van der Waals surface area contributed by atoms with E-state index in [9.17, 15) is 14.4 Å². The van der Waals surface area contributed by atoms with Gasteiger partial charge in [0.1, 0.15) is 5.92 Å². The molecule has 1 fully saturated rings. The fourth-order valence-electron chi connectivity index (χ4n) is 3.83. The van der Waals surface area contributed by atoms with Gasteiger partial charge in [-0.3, -0.25) is 14.4 Å². The van der Waals surface area contributed by atoms with Gasteiger partial charge in [-0.25, -0.2) is 0 Å². The van der Waals surface area contributed by atoms with Crippen LogP contribution in [-0.4, -0.2) is 17.6 Å². The summed E-state index contributed by atoms with van der Waals surface area (Å²) >= 11 is 0. The Labute approximate surface area is 112 Å². The Morgan fingerprint density at radius 1 is 1.26 bits per heavy atom. The van der Waals surface area contributed by atoms with Crippen molar-refractivity contribution in [1.29, 1.82) is 0 Å². The zero-order valence-corrected chi connectivity index (χ0v) is 11.4. The molecule has 0 aromatic heterocycles. The van der Waals surface area contributed by atoms with Crippen LogP contribution in [0.3, 0.4) is 0 Å². The molecule has 1 aliphatic carbocycles. The van der Waals surface area contributed by atoms with Crippen LogP contribution >= 0.6 is 0 Å². The van der Waals surface area contributed by atoms with Crippen molar-refractivity contribution >= 4 is 17.6 Å². The molecule has 104 valence electrons. The standard InChI is InChI=1S/C14H20N2O3/c1-8-10(9(2)17)14(6-4-3-5-7-14)11(12(15)18)13(19)16-8/h11H,3-7H2,1-2H3,(H2,15,18)(H,16,19). The quantitative estimate of drug-likeness (QED) is 0.730. The van der Waals surface area contributed by atoms with Gasteiger partial charge < -0.3 is 11.1 Å². The van der Waals surface area contributed by atoms with E-state index < -0.39 is 17.2 Å². The average Bonchev–Trinajstić information content (AvgIpc) is 2.27. The fraction of sp³-hybridized carbons (Fsp3) is 0.643. The molecule has 0 bridgehead atoms. The molecule has 1 aliphatic heterocycles. The fourth-order valence-corrected chi connectivity index (χ4v) is 3.83. The lowest BCUT2D eigenvalue weighted by Crippen LogP contribution is -2.55. The van der Waals surface area contributed by atoms with Crippen LogP contribution in [0.2, 0.25) is 0 Å². The summed E-state index contributed by atoms with van der Waals surface area (Å²) in [5.41, 5.74) is 5.93. The molecule has 5 nitrogen and oxygen atoms in total. The van der Waals surface area contributed by atoms with E-state index in [1.807, 2.05) is 0 Å². The maximum atomic E-state index is 12.1. The number of Topliss-reactive ketones (excluding diaryl/α,β-unsaturated/α-hetero) is 1.